The van der Waals surface area contributed by atoms with Gasteiger partial charge in [0, 0.05) is 11.6 Å². The molecule has 0 saturated heterocycles. The van der Waals surface area contributed by atoms with Crippen molar-refractivity contribution in [3.05, 3.63) is 99.6 Å². The molecule has 0 radical (unpaired) electrons. The lowest BCUT2D eigenvalue weighted by molar-refractivity contribution is -0.122. The Bertz CT molecular complexity index is 1200. The summed E-state index contributed by atoms with van der Waals surface area (Å²) in [6, 6.07) is 20.0. The highest BCUT2D eigenvalue weighted by atomic mass is 35.5. The molecular formula is C26H29ClN2O3S. The molecule has 1 atom stereocenters. The summed E-state index contributed by atoms with van der Waals surface area (Å²) in [6.07, 6.45) is 0. The molecule has 0 heterocycles. The first kappa shape index (κ1) is 25.0. The van der Waals surface area contributed by atoms with Gasteiger partial charge in [-0.05, 0) is 62.1 Å². The van der Waals surface area contributed by atoms with E-state index in [1.165, 1.54) is 4.31 Å². The second kappa shape index (κ2) is 10.5. The molecule has 0 aliphatic carbocycles. The minimum atomic E-state index is -3.94. The number of aryl methyl sites for hydroxylation is 3. The zero-order valence-corrected chi connectivity index (χ0v) is 20.9. The van der Waals surface area contributed by atoms with Crippen molar-refractivity contribution in [2.75, 3.05) is 6.54 Å². The molecule has 0 aliphatic heterocycles. The van der Waals surface area contributed by atoms with E-state index in [2.05, 4.69) is 5.32 Å². The fraction of sp³-hybridized carbons (Fsp3) is 0.269. The number of carbonyl (C=O) groups is 1. The standard InChI is InChI=1S/C26H29ClN2O3S/c1-18-14-19(2)26(20(3)15-18)33(31,32)29(16-22-10-12-24(27)13-11-22)17-25(30)28-21(4)23-8-6-5-7-9-23/h5-15,21H,16-17H2,1-4H3,(H,28,30). The molecule has 33 heavy (non-hydrogen) atoms. The Hall–Kier alpha value is -2.67. The van der Waals surface area contributed by atoms with Crippen LogP contribution in [0.1, 0.15) is 40.8 Å². The highest BCUT2D eigenvalue weighted by molar-refractivity contribution is 7.89. The van der Waals surface area contributed by atoms with Gasteiger partial charge in [-0.2, -0.15) is 4.31 Å². The number of benzene rings is 3. The lowest BCUT2D eigenvalue weighted by Crippen LogP contribution is -2.41. The van der Waals surface area contributed by atoms with E-state index >= 15 is 0 Å². The van der Waals surface area contributed by atoms with Gasteiger partial charge in [-0.15, -0.1) is 0 Å². The van der Waals surface area contributed by atoms with Crippen molar-refractivity contribution in [1.82, 2.24) is 9.62 Å². The van der Waals surface area contributed by atoms with E-state index in [0.29, 0.717) is 16.1 Å². The smallest absolute Gasteiger partial charge is 0.244 e. The number of nitrogens with one attached hydrogen (secondary N) is 1. The predicted molar refractivity (Wildman–Crippen MR) is 133 cm³/mol. The molecule has 0 saturated carbocycles. The average Bonchev–Trinajstić information content (AvgIpc) is 2.74. The largest absolute Gasteiger partial charge is 0.348 e. The Balaban J connectivity index is 1.92. The van der Waals surface area contributed by atoms with Crippen molar-refractivity contribution in [1.29, 1.82) is 0 Å². The maximum Gasteiger partial charge on any atom is 0.244 e. The van der Waals surface area contributed by atoms with Gasteiger partial charge in [0.15, 0.2) is 0 Å². The maximum absolute atomic E-state index is 13.8. The van der Waals surface area contributed by atoms with Crippen LogP contribution in [-0.4, -0.2) is 25.2 Å². The van der Waals surface area contributed by atoms with Crippen molar-refractivity contribution < 1.29 is 13.2 Å². The third kappa shape index (κ3) is 6.22. The molecule has 3 aromatic carbocycles. The zero-order valence-electron chi connectivity index (χ0n) is 19.3. The Kier molecular flexibility index (Phi) is 7.95. The maximum atomic E-state index is 13.8. The Morgan fingerprint density at radius 1 is 0.970 bits per heavy atom. The Labute approximate surface area is 201 Å². The van der Waals surface area contributed by atoms with E-state index in [9.17, 15) is 13.2 Å². The summed E-state index contributed by atoms with van der Waals surface area (Å²) in [6.45, 7) is 7.13. The number of rotatable bonds is 8. The molecule has 1 unspecified atom stereocenters. The second-order valence-electron chi connectivity index (χ2n) is 8.33. The first-order chi connectivity index (χ1) is 15.6. The van der Waals surface area contributed by atoms with Crippen molar-refractivity contribution in [3.8, 4) is 0 Å². The zero-order chi connectivity index (χ0) is 24.2. The number of hydrogen-bond acceptors (Lipinski definition) is 3. The number of amides is 1. The summed E-state index contributed by atoms with van der Waals surface area (Å²) in [7, 11) is -3.94. The molecule has 0 bridgehead atoms. The molecule has 7 heteroatoms. The van der Waals surface area contributed by atoms with Crippen LogP contribution in [0.2, 0.25) is 5.02 Å². The van der Waals surface area contributed by atoms with Crippen LogP contribution in [0.4, 0.5) is 0 Å². The topological polar surface area (TPSA) is 66.5 Å². The van der Waals surface area contributed by atoms with Crippen LogP contribution >= 0.6 is 11.6 Å². The second-order valence-corrected chi connectivity index (χ2v) is 10.6. The van der Waals surface area contributed by atoms with E-state index in [1.54, 1.807) is 38.1 Å². The summed E-state index contributed by atoms with van der Waals surface area (Å²) in [5, 5.41) is 3.48. The van der Waals surface area contributed by atoms with Gasteiger partial charge in [0.25, 0.3) is 0 Å². The van der Waals surface area contributed by atoms with Gasteiger partial charge in [0.05, 0.1) is 17.5 Å². The Morgan fingerprint density at radius 3 is 2.12 bits per heavy atom. The van der Waals surface area contributed by atoms with E-state index < -0.39 is 10.0 Å². The number of hydrogen-bond donors (Lipinski definition) is 1. The lowest BCUT2D eigenvalue weighted by Gasteiger charge is -2.25. The molecular weight excluding hydrogens is 456 g/mol. The average molecular weight is 485 g/mol. The SMILES string of the molecule is Cc1cc(C)c(S(=O)(=O)N(CC(=O)NC(C)c2ccccc2)Cc2ccc(Cl)cc2)c(C)c1. The minimum Gasteiger partial charge on any atom is -0.348 e. The third-order valence-corrected chi connectivity index (χ3v) is 7.82. The van der Waals surface area contributed by atoms with Crippen LogP contribution < -0.4 is 5.32 Å². The molecule has 3 rings (SSSR count). The van der Waals surface area contributed by atoms with Crippen LogP contribution in [0.3, 0.4) is 0 Å². The summed E-state index contributed by atoms with van der Waals surface area (Å²) in [5.41, 5.74) is 4.00. The predicted octanol–water partition coefficient (Wildman–Crippen LogP) is 5.33. The molecule has 0 aromatic heterocycles. The molecule has 1 N–H and O–H groups in total. The molecule has 174 valence electrons. The van der Waals surface area contributed by atoms with Gasteiger partial charge >= 0.3 is 0 Å². The van der Waals surface area contributed by atoms with Crippen LogP contribution in [0.25, 0.3) is 0 Å². The van der Waals surface area contributed by atoms with E-state index in [1.807, 2.05) is 56.3 Å². The van der Waals surface area contributed by atoms with Gasteiger partial charge < -0.3 is 5.32 Å². The molecule has 0 fully saturated rings. The molecule has 3 aromatic rings. The minimum absolute atomic E-state index is 0.0550. The van der Waals surface area contributed by atoms with Gasteiger partial charge in [-0.3, -0.25) is 4.79 Å². The van der Waals surface area contributed by atoms with Crippen LogP contribution in [0.5, 0.6) is 0 Å². The highest BCUT2D eigenvalue weighted by Gasteiger charge is 2.30. The van der Waals surface area contributed by atoms with Crippen molar-refractivity contribution in [2.24, 2.45) is 0 Å². The van der Waals surface area contributed by atoms with Gasteiger partial charge in [-0.25, -0.2) is 8.42 Å². The van der Waals surface area contributed by atoms with Gasteiger partial charge in [0.1, 0.15) is 0 Å². The first-order valence-corrected chi connectivity index (χ1v) is 12.6. The number of sulfonamides is 1. The van der Waals surface area contributed by atoms with E-state index in [-0.39, 0.29) is 29.9 Å². The number of nitrogens with zero attached hydrogens (tertiary/aromatic N) is 1. The van der Waals surface area contributed by atoms with Crippen molar-refractivity contribution in [3.63, 3.8) is 0 Å². The van der Waals surface area contributed by atoms with Crippen molar-refractivity contribution >= 4 is 27.5 Å². The first-order valence-electron chi connectivity index (χ1n) is 10.7. The lowest BCUT2D eigenvalue weighted by atomic mass is 10.1. The molecule has 0 spiro atoms. The summed E-state index contributed by atoms with van der Waals surface area (Å²) in [4.78, 5) is 13.2. The summed E-state index contributed by atoms with van der Waals surface area (Å²) < 4.78 is 28.8. The summed E-state index contributed by atoms with van der Waals surface area (Å²) >= 11 is 5.99. The number of carbonyl (C=O) groups excluding carboxylic acids is 1. The quantitative estimate of drug-likeness (QED) is 0.469. The third-order valence-electron chi connectivity index (χ3n) is 5.47. The molecule has 5 nitrogen and oxygen atoms in total. The summed E-state index contributed by atoms with van der Waals surface area (Å²) in [5.74, 6) is -0.369. The van der Waals surface area contributed by atoms with Crippen LogP contribution in [0.15, 0.2) is 71.6 Å². The fourth-order valence-corrected chi connectivity index (χ4v) is 5.92. The molecule has 0 aliphatic rings. The normalized spacial score (nSPS) is 12.5. The van der Waals surface area contributed by atoms with Gasteiger partial charge in [-0.1, -0.05) is 71.8 Å². The van der Waals surface area contributed by atoms with E-state index in [0.717, 1.165) is 16.7 Å². The van der Waals surface area contributed by atoms with E-state index in [4.69, 9.17) is 11.6 Å². The molecule has 1 amide bonds. The number of halogens is 1. The fourth-order valence-electron chi connectivity index (χ4n) is 3.99. The van der Waals surface area contributed by atoms with Crippen molar-refractivity contribution in [2.45, 2.75) is 45.2 Å². The Morgan fingerprint density at radius 2 is 1.55 bits per heavy atom. The van der Waals surface area contributed by atoms with Crippen LogP contribution in [-0.2, 0) is 21.4 Å². The van der Waals surface area contributed by atoms with Crippen LogP contribution in [0, 0.1) is 20.8 Å². The van der Waals surface area contributed by atoms with Gasteiger partial charge in [0.2, 0.25) is 15.9 Å². The highest BCUT2D eigenvalue weighted by Crippen LogP contribution is 2.27. The monoisotopic (exact) mass is 484 g/mol.